The lowest BCUT2D eigenvalue weighted by Gasteiger charge is -2.09. The first kappa shape index (κ1) is 16.7. The summed E-state index contributed by atoms with van der Waals surface area (Å²) >= 11 is 0. The molecule has 0 spiro atoms. The Hall–Kier alpha value is -2.64. The van der Waals surface area contributed by atoms with Crippen LogP contribution in [0.3, 0.4) is 0 Å². The minimum absolute atomic E-state index is 0.0390. The van der Waals surface area contributed by atoms with E-state index >= 15 is 0 Å². The van der Waals surface area contributed by atoms with Crippen molar-refractivity contribution in [1.29, 1.82) is 0 Å². The lowest BCUT2D eigenvalue weighted by Crippen LogP contribution is -2.29. The molecular formula is C15H10F5NO2. The molecule has 0 aliphatic carbocycles. The molecule has 0 radical (unpaired) electrons. The lowest BCUT2D eigenvalue weighted by molar-refractivity contribution is 0.0941. The van der Waals surface area contributed by atoms with Gasteiger partial charge < -0.3 is 10.1 Å². The number of hydrogen-bond donors (Lipinski definition) is 1. The zero-order chi connectivity index (χ0) is 17.0. The summed E-state index contributed by atoms with van der Waals surface area (Å²) in [6, 6.07) is 4.33. The van der Waals surface area contributed by atoms with Crippen LogP contribution >= 0.6 is 0 Å². The van der Waals surface area contributed by atoms with Gasteiger partial charge in [0.05, 0.1) is 12.1 Å². The maximum Gasteiger partial charge on any atom is 0.254 e. The van der Waals surface area contributed by atoms with E-state index < -0.39 is 40.6 Å². The summed E-state index contributed by atoms with van der Waals surface area (Å²) in [6.07, 6.45) is 0. The smallest absolute Gasteiger partial charge is 0.254 e. The molecule has 0 unspecified atom stereocenters. The van der Waals surface area contributed by atoms with Gasteiger partial charge in [-0.25, -0.2) is 22.0 Å². The molecule has 23 heavy (non-hydrogen) atoms. The van der Waals surface area contributed by atoms with Crippen molar-refractivity contribution < 1.29 is 31.5 Å². The van der Waals surface area contributed by atoms with Gasteiger partial charge in [-0.05, 0) is 24.3 Å². The topological polar surface area (TPSA) is 38.3 Å². The first-order valence-electron chi connectivity index (χ1n) is 6.39. The number of benzene rings is 2. The number of carbonyl (C=O) groups is 1. The van der Waals surface area contributed by atoms with E-state index in [2.05, 4.69) is 5.32 Å². The third-order valence-corrected chi connectivity index (χ3v) is 2.83. The Morgan fingerprint density at radius 1 is 0.913 bits per heavy atom. The molecule has 0 saturated carbocycles. The van der Waals surface area contributed by atoms with Gasteiger partial charge in [0.2, 0.25) is 0 Å². The summed E-state index contributed by atoms with van der Waals surface area (Å²) in [4.78, 5) is 11.6. The Labute approximate surface area is 127 Å². The van der Waals surface area contributed by atoms with E-state index in [0.717, 1.165) is 18.2 Å². The van der Waals surface area contributed by atoms with Crippen LogP contribution in [0.2, 0.25) is 0 Å². The van der Waals surface area contributed by atoms with Gasteiger partial charge in [-0.2, -0.15) is 0 Å². The van der Waals surface area contributed by atoms with E-state index in [-0.39, 0.29) is 18.9 Å². The van der Waals surface area contributed by atoms with Crippen LogP contribution < -0.4 is 10.1 Å². The standard InChI is InChI=1S/C15H10F5NO2/c16-10-3-1-8(7-12(10)18)23-6-5-21-15(22)9-2-4-11(17)14(20)13(9)19/h1-4,7H,5-6H2,(H,21,22). The van der Waals surface area contributed by atoms with E-state index in [0.29, 0.717) is 6.07 Å². The zero-order valence-electron chi connectivity index (χ0n) is 11.5. The Kier molecular flexibility index (Phi) is 5.15. The molecule has 0 atom stereocenters. The quantitative estimate of drug-likeness (QED) is 0.519. The van der Waals surface area contributed by atoms with Crippen LogP contribution in [0.5, 0.6) is 5.75 Å². The highest BCUT2D eigenvalue weighted by atomic mass is 19.2. The highest BCUT2D eigenvalue weighted by Gasteiger charge is 2.18. The van der Waals surface area contributed by atoms with Gasteiger partial charge >= 0.3 is 0 Å². The molecule has 3 nitrogen and oxygen atoms in total. The van der Waals surface area contributed by atoms with Crippen molar-refractivity contribution in [2.45, 2.75) is 0 Å². The predicted molar refractivity (Wildman–Crippen MR) is 70.5 cm³/mol. The van der Waals surface area contributed by atoms with Crippen molar-refractivity contribution in [3.05, 3.63) is 65.0 Å². The number of carbonyl (C=O) groups excluding carboxylic acids is 1. The average molecular weight is 331 g/mol. The molecule has 8 heteroatoms. The van der Waals surface area contributed by atoms with Crippen molar-refractivity contribution in [1.82, 2.24) is 5.32 Å². The molecule has 1 amide bonds. The van der Waals surface area contributed by atoms with Crippen LogP contribution in [0.15, 0.2) is 30.3 Å². The third kappa shape index (κ3) is 3.97. The SMILES string of the molecule is O=C(NCCOc1ccc(F)c(F)c1)c1ccc(F)c(F)c1F. The second kappa shape index (κ2) is 7.08. The Morgan fingerprint density at radius 3 is 2.30 bits per heavy atom. The number of halogens is 5. The molecule has 0 fully saturated rings. The van der Waals surface area contributed by atoms with Crippen LogP contribution in [0.1, 0.15) is 10.4 Å². The number of ether oxygens (including phenoxy) is 1. The number of nitrogens with one attached hydrogen (secondary N) is 1. The minimum Gasteiger partial charge on any atom is -0.492 e. The molecule has 2 aromatic rings. The maximum atomic E-state index is 13.4. The minimum atomic E-state index is -1.74. The number of amides is 1. The second-order valence-electron chi connectivity index (χ2n) is 4.40. The van der Waals surface area contributed by atoms with Crippen LogP contribution in [0, 0.1) is 29.1 Å². The summed E-state index contributed by atoms with van der Waals surface area (Å²) in [5.74, 6) is -7.78. The van der Waals surface area contributed by atoms with Crippen LogP contribution in [0.25, 0.3) is 0 Å². The maximum absolute atomic E-state index is 13.4. The van der Waals surface area contributed by atoms with Crippen molar-refractivity contribution in [3.63, 3.8) is 0 Å². The Balaban J connectivity index is 1.88. The molecule has 0 aromatic heterocycles. The predicted octanol–water partition coefficient (Wildman–Crippen LogP) is 3.19. The molecule has 2 aromatic carbocycles. The molecule has 122 valence electrons. The van der Waals surface area contributed by atoms with Gasteiger partial charge in [-0.15, -0.1) is 0 Å². The fourth-order valence-corrected chi connectivity index (χ4v) is 1.70. The van der Waals surface area contributed by atoms with Gasteiger partial charge in [0, 0.05) is 6.07 Å². The highest BCUT2D eigenvalue weighted by Crippen LogP contribution is 2.16. The summed E-state index contributed by atoms with van der Waals surface area (Å²) in [6.45, 7) is -0.238. The normalized spacial score (nSPS) is 10.5. The fourth-order valence-electron chi connectivity index (χ4n) is 1.70. The summed E-state index contributed by atoms with van der Waals surface area (Å²) in [5.41, 5.74) is -0.656. The largest absolute Gasteiger partial charge is 0.492 e. The van der Waals surface area contributed by atoms with Gasteiger partial charge in [0.15, 0.2) is 29.1 Å². The van der Waals surface area contributed by atoms with Gasteiger partial charge in [-0.1, -0.05) is 0 Å². The summed E-state index contributed by atoms with van der Waals surface area (Å²) in [5, 5.41) is 2.22. The average Bonchev–Trinajstić information content (AvgIpc) is 2.52. The lowest BCUT2D eigenvalue weighted by atomic mass is 10.2. The van der Waals surface area contributed by atoms with E-state index in [1.165, 1.54) is 6.07 Å². The van der Waals surface area contributed by atoms with E-state index in [1.54, 1.807) is 0 Å². The molecule has 0 aliphatic rings. The number of rotatable bonds is 5. The van der Waals surface area contributed by atoms with Gasteiger partial charge in [-0.3, -0.25) is 4.79 Å². The van der Waals surface area contributed by atoms with E-state index in [4.69, 9.17) is 4.74 Å². The molecule has 0 bridgehead atoms. The third-order valence-electron chi connectivity index (χ3n) is 2.83. The van der Waals surface area contributed by atoms with Crippen LogP contribution in [-0.2, 0) is 0 Å². The molecule has 1 N–H and O–H groups in total. The van der Waals surface area contributed by atoms with Gasteiger partial charge in [0.1, 0.15) is 12.4 Å². The number of hydrogen-bond acceptors (Lipinski definition) is 2. The summed E-state index contributed by atoms with van der Waals surface area (Å²) < 4.78 is 69.8. The van der Waals surface area contributed by atoms with Crippen molar-refractivity contribution in [3.8, 4) is 5.75 Å². The molecule has 0 heterocycles. The van der Waals surface area contributed by atoms with Crippen molar-refractivity contribution in [2.24, 2.45) is 0 Å². The zero-order valence-corrected chi connectivity index (χ0v) is 11.5. The van der Waals surface area contributed by atoms with Crippen molar-refractivity contribution in [2.75, 3.05) is 13.2 Å². The Morgan fingerprint density at radius 2 is 1.61 bits per heavy atom. The first-order valence-corrected chi connectivity index (χ1v) is 6.39. The van der Waals surface area contributed by atoms with Crippen molar-refractivity contribution >= 4 is 5.91 Å². The molecule has 2 rings (SSSR count). The molecular weight excluding hydrogens is 321 g/mol. The molecule has 0 saturated heterocycles. The molecule has 0 aliphatic heterocycles. The first-order chi connectivity index (χ1) is 10.9. The Bertz CT molecular complexity index is 736. The highest BCUT2D eigenvalue weighted by molar-refractivity contribution is 5.94. The van der Waals surface area contributed by atoms with Crippen LogP contribution in [0.4, 0.5) is 22.0 Å². The monoisotopic (exact) mass is 331 g/mol. The van der Waals surface area contributed by atoms with Crippen LogP contribution in [-0.4, -0.2) is 19.1 Å². The fraction of sp³-hybridized carbons (Fsp3) is 0.133. The van der Waals surface area contributed by atoms with Gasteiger partial charge in [0.25, 0.3) is 5.91 Å². The van der Waals surface area contributed by atoms with E-state index in [1.807, 2.05) is 0 Å². The second-order valence-corrected chi connectivity index (χ2v) is 4.40. The summed E-state index contributed by atoms with van der Waals surface area (Å²) in [7, 11) is 0. The van der Waals surface area contributed by atoms with E-state index in [9.17, 15) is 26.7 Å².